The number of hydrogen-bond acceptors (Lipinski definition) is 4. The first-order valence-electron chi connectivity index (χ1n) is 10.0. The number of hydrogen-bond donors (Lipinski definition) is 2. The van der Waals surface area contributed by atoms with Gasteiger partial charge in [-0.05, 0) is 44.2 Å². The lowest BCUT2D eigenvalue weighted by atomic mass is 10.1. The van der Waals surface area contributed by atoms with Gasteiger partial charge in [-0.2, -0.15) is 0 Å². The Morgan fingerprint density at radius 2 is 1.96 bits per heavy atom. The van der Waals surface area contributed by atoms with Gasteiger partial charge in [0.15, 0.2) is 5.96 Å². The van der Waals surface area contributed by atoms with Crippen molar-refractivity contribution in [2.45, 2.75) is 58.5 Å². The van der Waals surface area contributed by atoms with Crippen molar-refractivity contribution < 1.29 is 14.2 Å². The minimum atomic E-state index is 0. The van der Waals surface area contributed by atoms with E-state index in [0.717, 1.165) is 51.5 Å². The summed E-state index contributed by atoms with van der Waals surface area (Å²) < 4.78 is 16.8. The first-order valence-corrected chi connectivity index (χ1v) is 10.0. The lowest BCUT2D eigenvalue weighted by molar-refractivity contribution is 0.0168. The molecule has 1 unspecified atom stereocenters. The van der Waals surface area contributed by atoms with E-state index in [1.54, 1.807) is 7.05 Å². The lowest BCUT2D eigenvalue weighted by Crippen LogP contribution is -2.37. The zero-order valence-electron chi connectivity index (χ0n) is 17.4. The van der Waals surface area contributed by atoms with Gasteiger partial charge >= 0.3 is 0 Å². The Labute approximate surface area is 186 Å². The zero-order valence-corrected chi connectivity index (χ0v) is 19.7. The second-order valence-corrected chi connectivity index (χ2v) is 7.09. The van der Waals surface area contributed by atoms with Gasteiger partial charge in [0.2, 0.25) is 0 Å². The standard InChI is InChI=1S/C21H35N3O3.HI/c1-17(2)27-15-19-9-7-18(8-10-19)14-24-21(22-3)23-11-5-12-25-16-20-6-4-13-26-20;/h7-10,17,20H,4-6,11-16H2,1-3H3,(H2,22,23,24);1H. The van der Waals surface area contributed by atoms with Crippen LogP contribution in [-0.2, 0) is 27.4 Å². The minimum Gasteiger partial charge on any atom is -0.379 e. The molecule has 0 aliphatic carbocycles. The molecule has 6 nitrogen and oxygen atoms in total. The highest BCUT2D eigenvalue weighted by Crippen LogP contribution is 2.11. The summed E-state index contributed by atoms with van der Waals surface area (Å²) in [4.78, 5) is 4.26. The molecule has 28 heavy (non-hydrogen) atoms. The average Bonchev–Trinajstić information content (AvgIpc) is 3.19. The van der Waals surface area contributed by atoms with E-state index < -0.39 is 0 Å². The normalized spacial score (nSPS) is 16.9. The van der Waals surface area contributed by atoms with Crippen LogP contribution in [0, 0.1) is 0 Å². The van der Waals surface area contributed by atoms with Gasteiger partial charge in [-0.1, -0.05) is 24.3 Å². The van der Waals surface area contributed by atoms with E-state index in [1.165, 1.54) is 11.1 Å². The van der Waals surface area contributed by atoms with Crippen molar-refractivity contribution in [3.05, 3.63) is 35.4 Å². The highest BCUT2D eigenvalue weighted by atomic mass is 127. The van der Waals surface area contributed by atoms with E-state index in [4.69, 9.17) is 14.2 Å². The van der Waals surface area contributed by atoms with Gasteiger partial charge in [-0.15, -0.1) is 24.0 Å². The second kappa shape index (κ2) is 15.0. The molecule has 1 aromatic carbocycles. The predicted octanol–water partition coefficient (Wildman–Crippen LogP) is 3.48. The number of nitrogens with zero attached hydrogens (tertiary/aromatic N) is 1. The van der Waals surface area contributed by atoms with Crippen molar-refractivity contribution >= 4 is 29.9 Å². The summed E-state index contributed by atoms with van der Waals surface area (Å²) in [5.74, 6) is 0.807. The molecule has 1 atom stereocenters. The Morgan fingerprint density at radius 1 is 1.21 bits per heavy atom. The maximum atomic E-state index is 5.67. The quantitative estimate of drug-likeness (QED) is 0.209. The van der Waals surface area contributed by atoms with Crippen LogP contribution in [-0.4, -0.2) is 51.6 Å². The second-order valence-electron chi connectivity index (χ2n) is 7.09. The molecule has 7 heteroatoms. The van der Waals surface area contributed by atoms with Crippen molar-refractivity contribution in [2.24, 2.45) is 4.99 Å². The third kappa shape index (κ3) is 10.6. The zero-order chi connectivity index (χ0) is 19.3. The van der Waals surface area contributed by atoms with E-state index in [-0.39, 0.29) is 30.1 Å². The van der Waals surface area contributed by atoms with Gasteiger partial charge in [0.1, 0.15) is 0 Å². The van der Waals surface area contributed by atoms with Gasteiger partial charge < -0.3 is 24.8 Å². The van der Waals surface area contributed by atoms with Gasteiger partial charge in [0.25, 0.3) is 0 Å². The number of halogens is 1. The van der Waals surface area contributed by atoms with E-state index in [0.29, 0.717) is 19.3 Å². The molecule has 1 aromatic rings. The van der Waals surface area contributed by atoms with Crippen molar-refractivity contribution in [3.63, 3.8) is 0 Å². The molecule has 160 valence electrons. The van der Waals surface area contributed by atoms with E-state index in [9.17, 15) is 0 Å². The lowest BCUT2D eigenvalue weighted by Gasteiger charge is -2.13. The Hall–Kier alpha value is -0.900. The van der Waals surface area contributed by atoms with Crippen molar-refractivity contribution in [1.29, 1.82) is 0 Å². The van der Waals surface area contributed by atoms with E-state index >= 15 is 0 Å². The topological polar surface area (TPSA) is 64.1 Å². The Morgan fingerprint density at radius 3 is 2.61 bits per heavy atom. The molecule has 1 heterocycles. The molecule has 1 fully saturated rings. The molecular formula is C21H36IN3O3. The molecule has 0 radical (unpaired) electrons. The Bertz CT molecular complexity index is 546. The SMILES string of the molecule is CN=C(NCCCOCC1CCCO1)NCc1ccc(COC(C)C)cc1.I. The minimum absolute atomic E-state index is 0. The number of benzene rings is 1. The summed E-state index contributed by atoms with van der Waals surface area (Å²) in [6.07, 6.45) is 3.78. The third-order valence-electron chi connectivity index (χ3n) is 4.38. The highest BCUT2D eigenvalue weighted by Gasteiger charge is 2.14. The van der Waals surface area contributed by atoms with Crippen LogP contribution in [0.2, 0.25) is 0 Å². The van der Waals surface area contributed by atoms with Gasteiger partial charge in [-0.3, -0.25) is 4.99 Å². The van der Waals surface area contributed by atoms with Crippen LogP contribution in [0.5, 0.6) is 0 Å². The first-order chi connectivity index (χ1) is 13.2. The van der Waals surface area contributed by atoms with Crippen molar-refractivity contribution in [2.75, 3.05) is 33.4 Å². The molecule has 2 N–H and O–H groups in total. The fourth-order valence-corrected chi connectivity index (χ4v) is 2.79. The first kappa shape index (κ1) is 25.1. The summed E-state index contributed by atoms with van der Waals surface area (Å²) in [6.45, 7) is 8.65. The van der Waals surface area contributed by atoms with Gasteiger partial charge in [0, 0.05) is 33.4 Å². The number of rotatable bonds is 11. The van der Waals surface area contributed by atoms with Crippen LogP contribution >= 0.6 is 24.0 Å². The molecule has 1 aliphatic heterocycles. The van der Waals surface area contributed by atoms with Crippen LogP contribution in [0.4, 0.5) is 0 Å². The van der Waals surface area contributed by atoms with Crippen LogP contribution < -0.4 is 10.6 Å². The predicted molar refractivity (Wildman–Crippen MR) is 124 cm³/mol. The summed E-state index contributed by atoms with van der Waals surface area (Å²) in [5, 5.41) is 6.66. The average molecular weight is 505 g/mol. The van der Waals surface area contributed by atoms with Crippen LogP contribution in [0.25, 0.3) is 0 Å². The van der Waals surface area contributed by atoms with E-state index in [1.807, 2.05) is 13.8 Å². The molecule has 0 amide bonds. The van der Waals surface area contributed by atoms with Crippen LogP contribution in [0.3, 0.4) is 0 Å². The monoisotopic (exact) mass is 505 g/mol. The fraction of sp³-hybridized carbons (Fsp3) is 0.667. The smallest absolute Gasteiger partial charge is 0.191 e. The molecule has 0 saturated carbocycles. The highest BCUT2D eigenvalue weighted by molar-refractivity contribution is 14.0. The summed E-state index contributed by atoms with van der Waals surface area (Å²) in [7, 11) is 1.79. The number of aliphatic imine (C=N–C) groups is 1. The molecule has 2 rings (SSSR count). The number of nitrogens with one attached hydrogen (secondary N) is 2. The van der Waals surface area contributed by atoms with E-state index in [2.05, 4.69) is 39.9 Å². The van der Waals surface area contributed by atoms with Crippen molar-refractivity contribution in [3.8, 4) is 0 Å². The third-order valence-corrected chi connectivity index (χ3v) is 4.38. The summed E-state index contributed by atoms with van der Waals surface area (Å²) >= 11 is 0. The van der Waals surface area contributed by atoms with Crippen molar-refractivity contribution in [1.82, 2.24) is 10.6 Å². The van der Waals surface area contributed by atoms with Gasteiger partial charge in [-0.25, -0.2) is 0 Å². The number of ether oxygens (including phenoxy) is 3. The molecule has 0 aromatic heterocycles. The Balaban J connectivity index is 0.00000392. The van der Waals surface area contributed by atoms with Gasteiger partial charge in [0.05, 0.1) is 25.4 Å². The molecule has 0 spiro atoms. The number of guanidine groups is 1. The molecule has 1 saturated heterocycles. The van der Waals surface area contributed by atoms with Crippen LogP contribution in [0.1, 0.15) is 44.2 Å². The fourth-order valence-electron chi connectivity index (χ4n) is 2.79. The molecule has 1 aliphatic rings. The molecule has 0 bridgehead atoms. The Kier molecular flexibility index (Phi) is 13.5. The maximum absolute atomic E-state index is 5.67. The summed E-state index contributed by atoms with van der Waals surface area (Å²) in [6, 6.07) is 8.47. The van der Waals surface area contributed by atoms with Crippen LogP contribution in [0.15, 0.2) is 29.3 Å². The molecular weight excluding hydrogens is 469 g/mol. The largest absolute Gasteiger partial charge is 0.379 e. The maximum Gasteiger partial charge on any atom is 0.191 e. The summed E-state index contributed by atoms with van der Waals surface area (Å²) in [5.41, 5.74) is 2.41.